The maximum atomic E-state index is 6.01. The van der Waals surface area contributed by atoms with E-state index in [2.05, 4.69) is 19.2 Å². The first-order valence-electron chi connectivity index (χ1n) is 5.26. The first kappa shape index (κ1) is 13.3. The minimum Gasteiger partial charge on any atom is -0.496 e. The molecule has 0 unspecified atom stereocenters. The summed E-state index contributed by atoms with van der Waals surface area (Å²) in [5.74, 6) is 0.855. The van der Waals surface area contributed by atoms with Crippen molar-refractivity contribution in [2.45, 2.75) is 19.3 Å². The molecule has 3 N–H and O–H groups in total. The molecule has 3 nitrogen and oxygen atoms in total. The van der Waals surface area contributed by atoms with Gasteiger partial charge in [0.05, 0.1) is 7.11 Å². The summed E-state index contributed by atoms with van der Waals surface area (Å²) in [7, 11) is 1.67. The predicted molar refractivity (Wildman–Crippen MR) is 68.1 cm³/mol. The molecule has 16 heavy (non-hydrogen) atoms. The Labute approximate surface area is 102 Å². The number of halogens is 1. The fourth-order valence-corrected chi connectivity index (χ4v) is 1.86. The van der Waals surface area contributed by atoms with Gasteiger partial charge in [-0.3, -0.25) is 0 Å². The van der Waals surface area contributed by atoms with Gasteiger partial charge in [0, 0.05) is 29.2 Å². The van der Waals surface area contributed by atoms with Gasteiger partial charge in [0.2, 0.25) is 0 Å². The maximum absolute atomic E-state index is 6.01. The van der Waals surface area contributed by atoms with E-state index < -0.39 is 0 Å². The van der Waals surface area contributed by atoms with Gasteiger partial charge in [0.1, 0.15) is 5.75 Å². The Bertz CT molecular complexity index is 353. The lowest BCUT2D eigenvalue weighted by Gasteiger charge is -2.27. The van der Waals surface area contributed by atoms with E-state index in [-0.39, 0.29) is 5.41 Å². The van der Waals surface area contributed by atoms with Crippen LogP contribution in [0.3, 0.4) is 0 Å². The molecule has 0 saturated carbocycles. The lowest BCUT2D eigenvalue weighted by Crippen LogP contribution is -2.36. The van der Waals surface area contributed by atoms with Crippen molar-refractivity contribution in [2.75, 3.05) is 20.3 Å². The highest BCUT2D eigenvalue weighted by Gasteiger charge is 2.24. The van der Waals surface area contributed by atoms with Gasteiger partial charge in [-0.15, -0.1) is 0 Å². The van der Waals surface area contributed by atoms with Crippen LogP contribution in [0.25, 0.3) is 0 Å². The molecule has 0 bridgehead atoms. The van der Waals surface area contributed by atoms with Gasteiger partial charge in [-0.25, -0.2) is 0 Å². The average molecular weight is 243 g/mol. The second-order valence-corrected chi connectivity index (χ2v) is 4.80. The highest BCUT2D eigenvalue weighted by atomic mass is 35.5. The standard InChI is InChI=1S/C12H19ClN2O/c1-12(2,7-15-8-14)10-6-9(13)4-5-11(10)16-3/h4-6,15H,7-8,14H2,1-3H3. The number of benzene rings is 1. The van der Waals surface area contributed by atoms with Crippen molar-refractivity contribution in [3.05, 3.63) is 28.8 Å². The Morgan fingerprint density at radius 3 is 2.69 bits per heavy atom. The third-order valence-electron chi connectivity index (χ3n) is 2.60. The average Bonchev–Trinajstić information content (AvgIpc) is 2.26. The third kappa shape index (κ3) is 3.11. The van der Waals surface area contributed by atoms with Crippen LogP contribution in [-0.4, -0.2) is 20.3 Å². The number of hydrogen-bond donors (Lipinski definition) is 2. The van der Waals surface area contributed by atoms with Crippen LogP contribution in [0.4, 0.5) is 0 Å². The SMILES string of the molecule is COc1ccc(Cl)cc1C(C)(C)CNCN. The van der Waals surface area contributed by atoms with Gasteiger partial charge in [-0.1, -0.05) is 25.4 Å². The minimum atomic E-state index is -0.0738. The number of nitrogens with two attached hydrogens (primary N) is 1. The van der Waals surface area contributed by atoms with Gasteiger partial charge < -0.3 is 15.8 Å². The summed E-state index contributed by atoms with van der Waals surface area (Å²) in [5, 5.41) is 3.86. The fraction of sp³-hybridized carbons (Fsp3) is 0.500. The molecule has 0 aliphatic carbocycles. The van der Waals surface area contributed by atoms with E-state index in [0.717, 1.165) is 22.9 Å². The Balaban J connectivity index is 3.04. The Hall–Kier alpha value is -0.770. The van der Waals surface area contributed by atoms with E-state index in [1.54, 1.807) is 7.11 Å². The molecule has 90 valence electrons. The van der Waals surface area contributed by atoms with E-state index in [4.69, 9.17) is 22.1 Å². The molecule has 0 spiro atoms. The van der Waals surface area contributed by atoms with Crippen LogP contribution >= 0.6 is 11.6 Å². The third-order valence-corrected chi connectivity index (χ3v) is 2.84. The summed E-state index contributed by atoms with van der Waals surface area (Å²) in [6.45, 7) is 5.50. The highest BCUT2D eigenvalue weighted by molar-refractivity contribution is 6.30. The molecule has 1 aromatic rings. The van der Waals surface area contributed by atoms with Gasteiger partial charge in [0.25, 0.3) is 0 Å². The molecular formula is C12H19ClN2O. The van der Waals surface area contributed by atoms with Crippen molar-refractivity contribution >= 4 is 11.6 Å². The van der Waals surface area contributed by atoms with Crippen LogP contribution in [0.15, 0.2) is 18.2 Å². The highest BCUT2D eigenvalue weighted by Crippen LogP contribution is 2.33. The molecule has 0 aromatic heterocycles. The monoisotopic (exact) mass is 242 g/mol. The molecule has 0 aliphatic rings. The summed E-state index contributed by atoms with van der Waals surface area (Å²) in [5.41, 5.74) is 6.46. The van der Waals surface area contributed by atoms with Crippen molar-refractivity contribution < 1.29 is 4.74 Å². The molecule has 0 amide bonds. The zero-order valence-corrected chi connectivity index (χ0v) is 10.8. The van der Waals surface area contributed by atoms with Crippen LogP contribution in [0, 0.1) is 0 Å². The molecule has 0 aliphatic heterocycles. The molecule has 0 saturated heterocycles. The Kier molecular flexibility index (Phi) is 4.59. The maximum Gasteiger partial charge on any atom is 0.122 e. The largest absolute Gasteiger partial charge is 0.496 e. The second kappa shape index (κ2) is 5.53. The summed E-state index contributed by atoms with van der Waals surface area (Å²) in [4.78, 5) is 0. The molecule has 0 atom stereocenters. The Morgan fingerprint density at radius 1 is 1.44 bits per heavy atom. The second-order valence-electron chi connectivity index (χ2n) is 4.36. The summed E-state index contributed by atoms with van der Waals surface area (Å²) < 4.78 is 5.35. The van der Waals surface area contributed by atoms with E-state index in [0.29, 0.717) is 6.67 Å². The topological polar surface area (TPSA) is 47.3 Å². The number of rotatable bonds is 5. The van der Waals surface area contributed by atoms with Gasteiger partial charge in [0.15, 0.2) is 0 Å². The quantitative estimate of drug-likeness (QED) is 0.778. The van der Waals surface area contributed by atoms with Crippen molar-refractivity contribution in [1.82, 2.24) is 5.32 Å². The van der Waals surface area contributed by atoms with E-state index in [1.807, 2.05) is 18.2 Å². The summed E-state index contributed by atoms with van der Waals surface area (Å²) in [6.07, 6.45) is 0. The van der Waals surface area contributed by atoms with E-state index in [1.165, 1.54) is 0 Å². The summed E-state index contributed by atoms with van der Waals surface area (Å²) in [6, 6.07) is 5.66. The summed E-state index contributed by atoms with van der Waals surface area (Å²) >= 11 is 6.01. The van der Waals surface area contributed by atoms with Crippen LogP contribution in [0.5, 0.6) is 5.75 Å². The molecule has 0 heterocycles. The van der Waals surface area contributed by atoms with Crippen molar-refractivity contribution in [2.24, 2.45) is 5.73 Å². The molecule has 1 rings (SSSR count). The predicted octanol–water partition coefficient (Wildman–Crippen LogP) is 2.13. The minimum absolute atomic E-state index is 0.0738. The first-order valence-corrected chi connectivity index (χ1v) is 5.64. The lowest BCUT2D eigenvalue weighted by molar-refractivity contribution is 0.386. The van der Waals surface area contributed by atoms with E-state index >= 15 is 0 Å². The number of hydrogen-bond acceptors (Lipinski definition) is 3. The molecule has 0 fully saturated rings. The Morgan fingerprint density at radius 2 is 2.12 bits per heavy atom. The normalized spacial score (nSPS) is 11.6. The van der Waals surface area contributed by atoms with Crippen molar-refractivity contribution in [1.29, 1.82) is 0 Å². The van der Waals surface area contributed by atoms with Crippen molar-refractivity contribution in [3.63, 3.8) is 0 Å². The smallest absolute Gasteiger partial charge is 0.122 e. The fourth-order valence-electron chi connectivity index (χ4n) is 1.69. The first-order chi connectivity index (χ1) is 7.51. The number of nitrogens with one attached hydrogen (secondary N) is 1. The van der Waals surface area contributed by atoms with Gasteiger partial charge >= 0.3 is 0 Å². The van der Waals surface area contributed by atoms with Crippen LogP contribution in [-0.2, 0) is 5.41 Å². The van der Waals surface area contributed by atoms with Crippen LogP contribution in [0.2, 0.25) is 5.02 Å². The van der Waals surface area contributed by atoms with Crippen LogP contribution in [0.1, 0.15) is 19.4 Å². The number of methoxy groups -OCH3 is 1. The van der Waals surface area contributed by atoms with Gasteiger partial charge in [-0.2, -0.15) is 0 Å². The lowest BCUT2D eigenvalue weighted by atomic mass is 9.84. The zero-order chi connectivity index (χ0) is 12.2. The van der Waals surface area contributed by atoms with Gasteiger partial charge in [-0.05, 0) is 18.2 Å². The zero-order valence-electron chi connectivity index (χ0n) is 10.0. The van der Waals surface area contributed by atoms with Crippen LogP contribution < -0.4 is 15.8 Å². The molecular weight excluding hydrogens is 224 g/mol. The van der Waals surface area contributed by atoms with E-state index in [9.17, 15) is 0 Å². The molecule has 4 heteroatoms. The number of ether oxygens (including phenoxy) is 1. The molecule has 0 radical (unpaired) electrons. The van der Waals surface area contributed by atoms with Crippen molar-refractivity contribution in [3.8, 4) is 5.75 Å². The molecule has 1 aromatic carbocycles.